The molecule has 3 rings (SSSR count). The third kappa shape index (κ3) is 1.51. The normalized spacial score (nSPS) is 14.5. The summed E-state index contributed by atoms with van der Waals surface area (Å²) in [5, 5.41) is 2.12. The lowest BCUT2D eigenvalue weighted by Crippen LogP contribution is -2.14. The molecule has 0 radical (unpaired) electrons. The van der Waals surface area contributed by atoms with E-state index in [0.717, 1.165) is 21.7 Å². The summed E-state index contributed by atoms with van der Waals surface area (Å²) in [7, 11) is 0. The fourth-order valence-corrected chi connectivity index (χ4v) is 2.06. The van der Waals surface area contributed by atoms with Crippen LogP contribution in [-0.4, -0.2) is 18.3 Å². The first-order valence-corrected chi connectivity index (χ1v) is 5.58. The monoisotopic (exact) mass is 225 g/mol. The molecule has 2 aliphatic rings. The highest BCUT2D eigenvalue weighted by Crippen LogP contribution is 2.19. The molecule has 0 saturated carbocycles. The van der Waals surface area contributed by atoms with Gasteiger partial charge in [-0.2, -0.15) is 0 Å². The van der Waals surface area contributed by atoms with Gasteiger partial charge in [0, 0.05) is 10.8 Å². The first-order valence-electron chi connectivity index (χ1n) is 5.58. The number of esters is 1. The van der Waals surface area contributed by atoms with Gasteiger partial charge < -0.3 is 4.74 Å². The Balaban J connectivity index is 2.11. The molecule has 0 amide bonds. The van der Waals surface area contributed by atoms with Crippen molar-refractivity contribution < 1.29 is 9.53 Å². The van der Waals surface area contributed by atoms with Crippen LogP contribution >= 0.6 is 0 Å². The van der Waals surface area contributed by atoms with Crippen molar-refractivity contribution in [1.29, 1.82) is 0 Å². The summed E-state index contributed by atoms with van der Waals surface area (Å²) in [6, 6.07) is 4.02. The Kier molecular flexibility index (Phi) is 2.18. The Morgan fingerprint density at radius 1 is 1.35 bits per heavy atom. The first-order chi connectivity index (χ1) is 8.29. The molecular formula is C14H11NO2. The summed E-state index contributed by atoms with van der Waals surface area (Å²) in [6.45, 7) is 2.16. The van der Waals surface area contributed by atoms with E-state index in [1.165, 1.54) is 0 Å². The van der Waals surface area contributed by atoms with Crippen molar-refractivity contribution in [3.63, 3.8) is 0 Å². The molecule has 0 fully saturated rings. The van der Waals surface area contributed by atoms with Gasteiger partial charge in [0.15, 0.2) is 0 Å². The lowest BCUT2D eigenvalue weighted by Gasteiger charge is -1.98. The van der Waals surface area contributed by atoms with Crippen molar-refractivity contribution >= 4 is 35.6 Å². The number of carbonyl (C=O) groups is 1. The smallest absolute Gasteiger partial charge is 0.356 e. The van der Waals surface area contributed by atoms with E-state index in [4.69, 9.17) is 4.74 Å². The number of aliphatic imine (C=N–C) groups is 1. The van der Waals surface area contributed by atoms with Crippen LogP contribution in [0.15, 0.2) is 23.2 Å². The van der Waals surface area contributed by atoms with Crippen LogP contribution in [0.25, 0.3) is 18.2 Å². The number of benzene rings is 1. The number of allylic oxidation sites excluding steroid dienone is 1. The number of nitrogens with zero attached hydrogens (tertiary/aromatic N) is 1. The zero-order chi connectivity index (χ0) is 11.8. The Labute approximate surface area is 98.4 Å². The molecule has 0 aromatic heterocycles. The number of carbonyl (C=O) groups excluding carboxylic acids is 1. The third-order valence-electron chi connectivity index (χ3n) is 2.83. The van der Waals surface area contributed by atoms with Crippen molar-refractivity contribution in [3.05, 3.63) is 34.2 Å². The van der Waals surface area contributed by atoms with E-state index in [0.29, 0.717) is 12.3 Å². The zero-order valence-electron chi connectivity index (χ0n) is 9.43. The predicted octanol–water partition coefficient (Wildman–Crippen LogP) is 0.924. The highest BCUT2D eigenvalue weighted by molar-refractivity contribution is 6.49. The summed E-state index contributed by atoms with van der Waals surface area (Å²) in [5.74, 6) is -0.358. The minimum absolute atomic E-state index is 0.358. The quantitative estimate of drug-likeness (QED) is 0.702. The predicted molar refractivity (Wildman–Crippen MR) is 67.4 cm³/mol. The van der Waals surface area contributed by atoms with E-state index >= 15 is 0 Å². The molecule has 1 aromatic carbocycles. The lowest BCUT2D eigenvalue weighted by molar-refractivity contribution is -0.134. The number of ether oxygens (including phenoxy) is 1. The molecule has 3 heteroatoms. The molecule has 0 unspecified atom stereocenters. The Hall–Kier alpha value is -2.16. The standard InChI is InChI=1S/C14H11NO2/c1-2-17-14(16)12-8-10-7-6-9-4-3-5-11(9)13(10)15-12/h3-8H,2H2,1H3. The van der Waals surface area contributed by atoms with Gasteiger partial charge in [-0.25, -0.2) is 9.79 Å². The van der Waals surface area contributed by atoms with Crippen LogP contribution in [0.3, 0.4) is 0 Å². The van der Waals surface area contributed by atoms with Crippen LogP contribution in [-0.2, 0) is 9.53 Å². The number of rotatable bonds is 2. The maximum atomic E-state index is 11.6. The summed E-state index contributed by atoms with van der Waals surface area (Å²) in [5.41, 5.74) is 2.34. The summed E-state index contributed by atoms with van der Waals surface area (Å²) in [6.07, 6.45) is 7.82. The first kappa shape index (κ1) is 10.0. The summed E-state index contributed by atoms with van der Waals surface area (Å²) >= 11 is 0. The second kappa shape index (κ2) is 3.70. The highest BCUT2D eigenvalue weighted by atomic mass is 16.5. The average molecular weight is 225 g/mol. The van der Waals surface area contributed by atoms with Crippen molar-refractivity contribution in [2.45, 2.75) is 6.92 Å². The van der Waals surface area contributed by atoms with E-state index in [-0.39, 0.29) is 5.97 Å². The van der Waals surface area contributed by atoms with Gasteiger partial charge in [-0.1, -0.05) is 30.4 Å². The third-order valence-corrected chi connectivity index (χ3v) is 2.83. The van der Waals surface area contributed by atoms with Crippen LogP contribution in [0, 0.1) is 0 Å². The number of hydrogen-bond donors (Lipinski definition) is 0. The van der Waals surface area contributed by atoms with Crippen LogP contribution in [0.5, 0.6) is 0 Å². The van der Waals surface area contributed by atoms with Gasteiger partial charge in [-0.15, -0.1) is 0 Å². The van der Waals surface area contributed by atoms with E-state index in [2.05, 4.69) is 4.99 Å². The summed E-state index contributed by atoms with van der Waals surface area (Å²) in [4.78, 5) is 16.0. The van der Waals surface area contributed by atoms with Crippen molar-refractivity contribution in [2.24, 2.45) is 4.99 Å². The van der Waals surface area contributed by atoms with Gasteiger partial charge in [0.2, 0.25) is 0 Å². The molecule has 17 heavy (non-hydrogen) atoms. The van der Waals surface area contributed by atoms with Crippen LogP contribution < -0.4 is 10.4 Å². The molecule has 0 spiro atoms. The molecule has 84 valence electrons. The zero-order valence-corrected chi connectivity index (χ0v) is 9.43. The SMILES string of the molecule is CCOC(=O)C1=Nc2c3c(ccc2=C1)=CC=C3. The second-order valence-corrected chi connectivity index (χ2v) is 3.89. The Morgan fingerprint density at radius 3 is 3.00 bits per heavy atom. The molecule has 1 aromatic rings. The molecule has 0 saturated heterocycles. The van der Waals surface area contributed by atoms with Crippen molar-refractivity contribution in [3.8, 4) is 0 Å². The molecule has 0 N–H and O–H groups in total. The molecular weight excluding hydrogens is 214 g/mol. The molecule has 1 aliphatic carbocycles. The summed E-state index contributed by atoms with van der Waals surface area (Å²) < 4.78 is 4.95. The van der Waals surface area contributed by atoms with Crippen molar-refractivity contribution in [2.75, 3.05) is 6.61 Å². The lowest BCUT2D eigenvalue weighted by atomic mass is 10.1. The van der Waals surface area contributed by atoms with Gasteiger partial charge in [0.1, 0.15) is 5.71 Å². The fraction of sp³-hybridized carbons (Fsp3) is 0.143. The number of fused-ring (bicyclic) bond motifs is 3. The van der Waals surface area contributed by atoms with Gasteiger partial charge >= 0.3 is 5.97 Å². The molecule has 1 aliphatic heterocycles. The molecule has 1 heterocycles. The number of hydrogen-bond acceptors (Lipinski definition) is 3. The largest absolute Gasteiger partial charge is 0.461 e. The molecule has 3 nitrogen and oxygen atoms in total. The van der Waals surface area contributed by atoms with Crippen LogP contribution in [0.1, 0.15) is 12.5 Å². The van der Waals surface area contributed by atoms with Crippen molar-refractivity contribution in [1.82, 2.24) is 0 Å². The average Bonchev–Trinajstić information content (AvgIpc) is 2.94. The van der Waals surface area contributed by atoms with E-state index in [1.807, 2.05) is 30.4 Å². The van der Waals surface area contributed by atoms with Crippen LogP contribution in [0.4, 0.5) is 5.69 Å². The highest BCUT2D eigenvalue weighted by Gasteiger charge is 2.17. The molecule has 0 atom stereocenters. The minimum Gasteiger partial charge on any atom is -0.461 e. The van der Waals surface area contributed by atoms with Gasteiger partial charge in [-0.05, 0) is 18.2 Å². The van der Waals surface area contributed by atoms with Gasteiger partial charge in [0.25, 0.3) is 0 Å². The fourth-order valence-electron chi connectivity index (χ4n) is 2.06. The maximum absolute atomic E-state index is 11.6. The maximum Gasteiger partial charge on any atom is 0.356 e. The van der Waals surface area contributed by atoms with Gasteiger partial charge in [0.05, 0.1) is 12.3 Å². The van der Waals surface area contributed by atoms with Gasteiger partial charge in [-0.3, -0.25) is 0 Å². The minimum atomic E-state index is -0.358. The Morgan fingerprint density at radius 2 is 2.18 bits per heavy atom. The van der Waals surface area contributed by atoms with E-state index < -0.39 is 0 Å². The topological polar surface area (TPSA) is 38.7 Å². The van der Waals surface area contributed by atoms with E-state index in [9.17, 15) is 4.79 Å². The Bertz CT molecular complexity index is 681. The molecule has 0 bridgehead atoms. The van der Waals surface area contributed by atoms with Crippen LogP contribution in [0.2, 0.25) is 0 Å². The van der Waals surface area contributed by atoms with E-state index in [1.54, 1.807) is 13.0 Å². The second-order valence-electron chi connectivity index (χ2n) is 3.89.